The maximum atomic E-state index is 12.7. The number of hydrogen-bond donors (Lipinski definition) is 0. The average molecular weight is 422 g/mol. The highest BCUT2D eigenvalue weighted by Gasteiger charge is 2.31. The molecule has 3 aromatic heterocycles. The quantitative estimate of drug-likeness (QED) is 0.642. The normalized spacial score (nSPS) is 16.2. The predicted molar refractivity (Wildman–Crippen MR) is 103 cm³/mol. The Balaban J connectivity index is 1.47. The van der Waals surface area contributed by atoms with E-state index in [1.807, 2.05) is 11.8 Å². The number of anilines is 1. The Hall–Kier alpha value is -2.95. The molecule has 0 saturated carbocycles. The summed E-state index contributed by atoms with van der Waals surface area (Å²) in [6.45, 7) is 6.44. The summed E-state index contributed by atoms with van der Waals surface area (Å²) >= 11 is 0. The van der Waals surface area contributed by atoms with Crippen molar-refractivity contribution in [1.82, 2.24) is 24.8 Å². The highest BCUT2D eigenvalue weighted by atomic mass is 19.4. The van der Waals surface area contributed by atoms with Crippen LogP contribution in [0.3, 0.4) is 0 Å². The van der Waals surface area contributed by atoms with E-state index >= 15 is 0 Å². The number of nitrogens with zero attached hydrogens (tertiary/aromatic N) is 6. The topological polar surface area (TPSA) is 80.3 Å². The third-order valence-corrected chi connectivity index (χ3v) is 5.25. The number of fused-ring (bicyclic) bond motifs is 1. The van der Waals surface area contributed by atoms with Gasteiger partial charge in [0, 0.05) is 32.4 Å². The average Bonchev–Trinajstić information content (AvgIpc) is 2.94. The van der Waals surface area contributed by atoms with E-state index in [1.165, 1.54) is 10.7 Å². The Kier molecular flexibility index (Phi) is 5.22. The summed E-state index contributed by atoms with van der Waals surface area (Å²) in [4.78, 5) is 20.7. The van der Waals surface area contributed by atoms with Gasteiger partial charge in [-0.05, 0) is 32.4 Å². The zero-order valence-electron chi connectivity index (χ0n) is 16.6. The van der Waals surface area contributed by atoms with Gasteiger partial charge in [0.05, 0.1) is 23.3 Å². The molecule has 0 radical (unpaired) electrons. The molecule has 4 rings (SSSR count). The van der Waals surface area contributed by atoms with Gasteiger partial charge in [0.1, 0.15) is 11.6 Å². The fraction of sp³-hybridized carbons (Fsp3) is 0.474. The summed E-state index contributed by atoms with van der Waals surface area (Å²) in [5, 5.41) is 8.91. The Morgan fingerprint density at radius 1 is 1.13 bits per heavy atom. The summed E-state index contributed by atoms with van der Waals surface area (Å²) in [6, 6.07) is 2.45. The van der Waals surface area contributed by atoms with Gasteiger partial charge in [0.25, 0.3) is 5.56 Å². The van der Waals surface area contributed by atoms with E-state index in [0.29, 0.717) is 49.0 Å². The van der Waals surface area contributed by atoms with Gasteiger partial charge in [0.15, 0.2) is 5.52 Å². The van der Waals surface area contributed by atoms with Crippen molar-refractivity contribution < 1.29 is 17.7 Å². The summed E-state index contributed by atoms with van der Waals surface area (Å²) < 4.78 is 44.7. The lowest BCUT2D eigenvalue weighted by Gasteiger charge is -2.23. The van der Waals surface area contributed by atoms with Crippen LogP contribution in [0.15, 0.2) is 27.6 Å². The molecule has 11 heteroatoms. The number of halogens is 3. The molecule has 160 valence electrons. The van der Waals surface area contributed by atoms with E-state index in [9.17, 15) is 18.0 Å². The van der Waals surface area contributed by atoms with Crippen molar-refractivity contribution in [3.63, 3.8) is 0 Å². The van der Waals surface area contributed by atoms with Gasteiger partial charge in [-0.15, -0.1) is 0 Å². The number of rotatable bonds is 3. The molecular weight excluding hydrogens is 401 g/mol. The smallest absolute Gasteiger partial charge is 0.360 e. The molecule has 1 aliphatic heterocycles. The molecule has 8 nitrogen and oxygen atoms in total. The Morgan fingerprint density at radius 2 is 1.93 bits per heavy atom. The molecule has 0 amide bonds. The van der Waals surface area contributed by atoms with Gasteiger partial charge < -0.3 is 9.42 Å². The zero-order chi connectivity index (χ0) is 21.5. The van der Waals surface area contributed by atoms with Crippen LogP contribution in [0.4, 0.5) is 19.0 Å². The van der Waals surface area contributed by atoms with Gasteiger partial charge in [-0.25, -0.2) is 9.67 Å². The van der Waals surface area contributed by atoms with Crippen LogP contribution in [0.5, 0.6) is 0 Å². The summed E-state index contributed by atoms with van der Waals surface area (Å²) in [5.74, 6) is 1.07. The van der Waals surface area contributed by atoms with E-state index in [0.717, 1.165) is 25.2 Å². The molecule has 3 aromatic rings. The summed E-state index contributed by atoms with van der Waals surface area (Å²) in [7, 11) is 0. The second-order valence-electron chi connectivity index (χ2n) is 7.36. The minimum absolute atomic E-state index is 0.269. The van der Waals surface area contributed by atoms with Crippen LogP contribution in [-0.4, -0.2) is 51.0 Å². The Labute approximate surface area is 169 Å². The first-order valence-electron chi connectivity index (χ1n) is 9.58. The second kappa shape index (κ2) is 7.71. The molecule has 4 heterocycles. The molecule has 1 fully saturated rings. The van der Waals surface area contributed by atoms with Crippen molar-refractivity contribution in [3.8, 4) is 0 Å². The lowest BCUT2D eigenvalue weighted by Crippen LogP contribution is -2.37. The van der Waals surface area contributed by atoms with Crippen LogP contribution in [-0.2, 0) is 12.8 Å². The fourth-order valence-corrected chi connectivity index (χ4v) is 3.71. The van der Waals surface area contributed by atoms with E-state index in [2.05, 4.69) is 20.1 Å². The maximum Gasteiger partial charge on any atom is 0.417 e. The van der Waals surface area contributed by atoms with Crippen molar-refractivity contribution >= 4 is 16.7 Å². The SMILES string of the molecule is Cc1nn(CN2CCCN(c3ccc(C(F)(F)F)cn3)CC2)c(=O)c2noc(C)c12. The number of alkyl halides is 3. The van der Waals surface area contributed by atoms with Gasteiger partial charge >= 0.3 is 6.18 Å². The highest BCUT2D eigenvalue weighted by Crippen LogP contribution is 2.29. The van der Waals surface area contributed by atoms with Gasteiger partial charge in [-0.3, -0.25) is 9.69 Å². The van der Waals surface area contributed by atoms with Crippen molar-refractivity contribution in [1.29, 1.82) is 0 Å². The Morgan fingerprint density at radius 3 is 2.63 bits per heavy atom. The van der Waals surface area contributed by atoms with Crippen molar-refractivity contribution in [2.75, 3.05) is 31.1 Å². The first-order valence-corrected chi connectivity index (χ1v) is 9.58. The molecule has 0 spiro atoms. The third kappa shape index (κ3) is 3.89. The minimum atomic E-state index is -4.40. The molecule has 0 atom stereocenters. The van der Waals surface area contributed by atoms with E-state index in [1.54, 1.807) is 6.92 Å². The van der Waals surface area contributed by atoms with Gasteiger partial charge in [-0.1, -0.05) is 5.16 Å². The van der Waals surface area contributed by atoms with Crippen LogP contribution < -0.4 is 10.5 Å². The summed E-state index contributed by atoms with van der Waals surface area (Å²) in [5.41, 5.74) is -0.126. The molecule has 0 aliphatic carbocycles. The maximum absolute atomic E-state index is 12.7. The second-order valence-corrected chi connectivity index (χ2v) is 7.36. The standard InChI is InChI=1S/C19H21F3N6O2/c1-12-16-13(2)30-25-17(16)18(29)28(24-12)11-26-6-3-7-27(9-8-26)15-5-4-14(10-23-15)19(20,21)22/h4-5,10H,3,6-9,11H2,1-2H3. The van der Waals surface area contributed by atoms with Gasteiger partial charge in [0.2, 0.25) is 0 Å². The van der Waals surface area contributed by atoms with E-state index < -0.39 is 11.7 Å². The number of pyridine rings is 1. The molecular formula is C19H21F3N6O2. The van der Waals surface area contributed by atoms with Gasteiger partial charge in [-0.2, -0.15) is 18.3 Å². The van der Waals surface area contributed by atoms with E-state index in [-0.39, 0.29) is 11.1 Å². The molecule has 1 aliphatic rings. The number of aryl methyl sites for hydroxylation is 2. The lowest BCUT2D eigenvalue weighted by atomic mass is 10.2. The van der Waals surface area contributed by atoms with E-state index in [4.69, 9.17) is 4.52 Å². The lowest BCUT2D eigenvalue weighted by molar-refractivity contribution is -0.137. The van der Waals surface area contributed by atoms with Crippen LogP contribution in [0.1, 0.15) is 23.4 Å². The van der Waals surface area contributed by atoms with Crippen LogP contribution in [0.25, 0.3) is 10.9 Å². The first-order chi connectivity index (χ1) is 14.2. The third-order valence-electron chi connectivity index (χ3n) is 5.25. The fourth-order valence-electron chi connectivity index (χ4n) is 3.71. The largest absolute Gasteiger partial charge is 0.417 e. The molecule has 1 saturated heterocycles. The van der Waals surface area contributed by atoms with Crippen LogP contribution >= 0.6 is 0 Å². The van der Waals surface area contributed by atoms with Crippen LogP contribution in [0, 0.1) is 13.8 Å². The predicted octanol–water partition coefficient (Wildman–Crippen LogP) is 2.58. The number of hydrogen-bond acceptors (Lipinski definition) is 7. The van der Waals surface area contributed by atoms with Crippen molar-refractivity contribution in [2.24, 2.45) is 0 Å². The van der Waals surface area contributed by atoms with Crippen molar-refractivity contribution in [3.05, 3.63) is 45.7 Å². The molecule has 0 aromatic carbocycles. The highest BCUT2D eigenvalue weighted by molar-refractivity contribution is 5.81. The molecule has 30 heavy (non-hydrogen) atoms. The molecule has 0 unspecified atom stereocenters. The molecule has 0 N–H and O–H groups in total. The zero-order valence-corrected chi connectivity index (χ0v) is 16.6. The monoisotopic (exact) mass is 422 g/mol. The minimum Gasteiger partial charge on any atom is -0.360 e. The van der Waals surface area contributed by atoms with Crippen LogP contribution in [0.2, 0.25) is 0 Å². The van der Waals surface area contributed by atoms with Crippen molar-refractivity contribution in [2.45, 2.75) is 33.1 Å². The Bertz CT molecular complexity index is 1110. The summed E-state index contributed by atoms with van der Waals surface area (Å²) in [6.07, 6.45) is -2.76. The first kappa shape index (κ1) is 20.3. The molecule has 0 bridgehead atoms. The number of aromatic nitrogens is 4.